The van der Waals surface area contributed by atoms with Crippen LogP contribution in [0.2, 0.25) is 0 Å². The van der Waals surface area contributed by atoms with E-state index in [0.717, 1.165) is 35.1 Å². The number of unbranched alkanes of at least 4 members (excludes halogenated alkanes) is 2. The average molecular weight is 367 g/mol. The predicted octanol–water partition coefficient (Wildman–Crippen LogP) is 3.56. The highest BCUT2D eigenvalue weighted by Gasteiger charge is 2.32. The molecule has 27 heavy (non-hydrogen) atoms. The third-order valence-electron chi connectivity index (χ3n) is 5.13. The number of fused-ring (bicyclic) bond motifs is 3. The molecular weight excluding hydrogens is 342 g/mol. The zero-order chi connectivity index (χ0) is 19.2. The van der Waals surface area contributed by atoms with Gasteiger partial charge >= 0.3 is 11.9 Å². The molecule has 1 atom stereocenters. The molecule has 3 N–H and O–H groups in total. The molecule has 1 unspecified atom stereocenters. The molecule has 0 heterocycles. The Morgan fingerprint density at radius 3 is 2.11 bits per heavy atom. The number of benzene rings is 2. The molecule has 0 saturated heterocycles. The Bertz CT molecular complexity index is 772. The van der Waals surface area contributed by atoms with Crippen LogP contribution in [-0.4, -0.2) is 30.2 Å². The highest BCUT2D eigenvalue weighted by atomic mass is 16.5. The fourth-order valence-corrected chi connectivity index (χ4v) is 3.72. The maximum Gasteiger partial charge on any atom is 0.320 e. The van der Waals surface area contributed by atoms with Crippen molar-refractivity contribution < 1.29 is 19.4 Å². The Morgan fingerprint density at radius 1 is 0.963 bits per heavy atom. The van der Waals surface area contributed by atoms with Crippen molar-refractivity contribution in [3.8, 4) is 11.1 Å². The maximum absolute atomic E-state index is 12.4. The van der Waals surface area contributed by atoms with Crippen LogP contribution in [0.15, 0.2) is 48.5 Å². The molecule has 2 aromatic rings. The zero-order valence-corrected chi connectivity index (χ0v) is 15.3. The first-order valence-corrected chi connectivity index (χ1v) is 9.41. The lowest BCUT2D eigenvalue weighted by atomic mass is 9.97. The predicted molar refractivity (Wildman–Crippen MR) is 103 cm³/mol. The minimum absolute atomic E-state index is 0.0620. The molecule has 2 aromatic carbocycles. The monoisotopic (exact) mass is 367 g/mol. The third kappa shape index (κ3) is 4.19. The van der Waals surface area contributed by atoms with Crippen molar-refractivity contribution in [3.63, 3.8) is 0 Å². The number of esters is 1. The Balaban J connectivity index is 1.68. The molecule has 5 nitrogen and oxygen atoms in total. The molecule has 1 aliphatic rings. The molecule has 0 bridgehead atoms. The molecule has 0 fully saturated rings. The normalized spacial score (nSPS) is 13.7. The largest absolute Gasteiger partial charge is 0.481 e. The lowest BCUT2D eigenvalue weighted by molar-refractivity contribution is -0.159. The van der Waals surface area contributed by atoms with Gasteiger partial charge in [-0.15, -0.1) is 0 Å². The lowest BCUT2D eigenvalue weighted by Gasteiger charge is -2.17. The van der Waals surface area contributed by atoms with E-state index in [1.807, 2.05) is 36.4 Å². The molecule has 0 aromatic heterocycles. The van der Waals surface area contributed by atoms with Crippen LogP contribution in [0.25, 0.3) is 11.1 Å². The lowest BCUT2D eigenvalue weighted by Crippen LogP contribution is -2.27. The van der Waals surface area contributed by atoms with Gasteiger partial charge in [-0.05, 0) is 41.6 Å². The van der Waals surface area contributed by atoms with E-state index in [9.17, 15) is 14.7 Å². The first kappa shape index (κ1) is 19.1. The summed E-state index contributed by atoms with van der Waals surface area (Å²) in [4.78, 5) is 23.9. The number of carbonyl (C=O) groups is 2. The number of hydrogen-bond acceptors (Lipinski definition) is 4. The van der Waals surface area contributed by atoms with Crippen LogP contribution >= 0.6 is 0 Å². The van der Waals surface area contributed by atoms with Crippen LogP contribution in [-0.2, 0) is 14.3 Å². The van der Waals surface area contributed by atoms with Crippen LogP contribution in [0.4, 0.5) is 0 Å². The first-order chi connectivity index (χ1) is 13.1. The molecule has 0 aliphatic heterocycles. The summed E-state index contributed by atoms with van der Waals surface area (Å²) in [5, 5.41) is 9.38. The van der Waals surface area contributed by atoms with Crippen molar-refractivity contribution in [3.05, 3.63) is 59.7 Å². The molecule has 0 amide bonds. The second-order valence-electron chi connectivity index (χ2n) is 6.89. The number of carboxylic acid groups (broad SMARTS) is 1. The summed E-state index contributed by atoms with van der Waals surface area (Å²) < 4.78 is 5.48. The van der Waals surface area contributed by atoms with Crippen LogP contribution in [0.3, 0.4) is 0 Å². The van der Waals surface area contributed by atoms with Crippen molar-refractivity contribution in [2.24, 2.45) is 11.7 Å². The molecule has 1 aliphatic carbocycles. The Morgan fingerprint density at radius 2 is 1.56 bits per heavy atom. The topological polar surface area (TPSA) is 89.6 Å². The van der Waals surface area contributed by atoms with Gasteiger partial charge in [0, 0.05) is 5.92 Å². The Kier molecular flexibility index (Phi) is 6.24. The van der Waals surface area contributed by atoms with E-state index in [4.69, 9.17) is 10.5 Å². The quantitative estimate of drug-likeness (QED) is 0.402. The molecular formula is C22H25NO4. The Hall–Kier alpha value is -2.66. The van der Waals surface area contributed by atoms with E-state index in [0.29, 0.717) is 13.0 Å². The van der Waals surface area contributed by atoms with Crippen molar-refractivity contribution in [1.29, 1.82) is 0 Å². The number of carbonyl (C=O) groups excluding carboxylic acids is 1. The minimum Gasteiger partial charge on any atom is -0.481 e. The van der Waals surface area contributed by atoms with Crippen LogP contribution in [0, 0.1) is 5.92 Å². The van der Waals surface area contributed by atoms with E-state index < -0.39 is 17.9 Å². The maximum atomic E-state index is 12.4. The average Bonchev–Trinajstić information content (AvgIpc) is 3.00. The van der Waals surface area contributed by atoms with Gasteiger partial charge in [0.25, 0.3) is 0 Å². The van der Waals surface area contributed by atoms with Gasteiger partial charge in [0.05, 0.1) is 0 Å². The van der Waals surface area contributed by atoms with Gasteiger partial charge in [-0.2, -0.15) is 0 Å². The van der Waals surface area contributed by atoms with Crippen LogP contribution in [0.1, 0.15) is 42.7 Å². The van der Waals surface area contributed by atoms with Crippen LogP contribution in [0.5, 0.6) is 0 Å². The SMILES string of the molecule is NCCCCCC(C(=O)O)C(=O)OCC1c2ccccc2-c2ccccc21. The van der Waals surface area contributed by atoms with Gasteiger partial charge in [-0.25, -0.2) is 0 Å². The summed E-state index contributed by atoms with van der Waals surface area (Å²) in [5.74, 6) is -2.96. The van der Waals surface area contributed by atoms with Gasteiger partial charge in [0.2, 0.25) is 0 Å². The highest BCUT2D eigenvalue weighted by Crippen LogP contribution is 2.44. The number of nitrogens with two attached hydrogens (primary N) is 1. The smallest absolute Gasteiger partial charge is 0.320 e. The standard InChI is InChI=1S/C22H25NO4/c23-13-7-1-2-12-19(21(24)25)22(26)27-14-20-17-10-5-3-8-15(17)16-9-4-6-11-18(16)20/h3-6,8-11,19-20H,1-2,7,12-14,23H2,(H,24,25). The molecule has 0 saturated carbocycles. The minimum atomic E-state index is -1.13. The summed E-state index contributed by atoms with van der Waals surface area (Å²) in [7, 11) is 0. The number of aliphatic carboxylic acids is 1. The zero-order valence-electron chi connectivity index (χ0n) is 15.3. The van der Waals surface area contributed by atoms with Crippen molar-refractivity contribution in [2.45, 2.75) is 31.6 Å². The highest BCUT2D eigenvalue weighted by molar-refractivity contribution is 5.94. The van der Waals surface area contributed by atoms with Gasteiger partial charge in [0.15, 0.2) is 5.92 Å². The Labute approximate surface area is 159 Å². The second kappa shape index (κ2) is 8.82. The van der Waals surface area contributed by atoms with Crippen LogP contribution < -0.4 is 5.73 Å². The molecule has 5 heteroatoms. The second-order valence-corrected chi connectivity index (χ2v) is 6.89. The summed E-state index contributed by atoms with van der Waals surface area (Å²) in [5.41, 5.74) is 9.97. The van der Waals surface area contributed by atoms with E-state index in [1.54, 1.807) is 0 Å². The fraction of sp³-hybridized carbons (Fsp3) is 0.364. The van der Waals surface area contributed by atoms with Gasteiger partial charge in [-0.3, -0.25) is 9.59 Å². The molecule has 142 valence electrons. The number of rotatable bonds is 9. The first-order valence-electron chi connectivity index (χ1n) is 9.41. The van der Waals surface area contributed by atoms with Gasteiger partial charge in [-0.1, -0.05) is 61.4 Å². The van der Waals surface area contributed by atoms with Crippen molar-refractivity contribution in [2.75, 3.05) is 13.2 Å². The van der Waals surface area contributed by atoms with E-state index in [-0.39, 0.29) is 18.9 Å². The van der Waals surface area contributed by atoms with Crippen molar-refractivity contribution in [1.82, 2.24) is 0 Å². The van der Waals surface area contributed by atoms with Gasteiger partial charge < -0.3 is 15.6 Å². The summed E-state index contributed by atoms with van der Waals surface area (Å²) >= 11 is 0. The van der Waals surface area contributed by atoms with E-state index in [1.165, 1.54) is 0 Å². The number of carboxylic acids is 1. The van der Waals surface area contributed by atoms with Crippen molar-refractivity contribution >= 4 is 11.9 Å². The number of hydrogen-bond donors (Lipinski definition) is 2. The summed E-state index contributed by atoms with van der Waals surface area (Å²) in [6.07, 6.45) is 2.58. The fourth-order valence-electron chi connectivity index (χ4n) is 3.72. The molecule has 0 spiro atoms. The molecule has 0 radical (unpaired) electrons. The summed E-state index contributed by atoms with van der Waals surface area (Å²) in [6.45, 7) is 0.724. The summed E-state index contributed by atoms with van der Waals surface area (Å²) in [6, 6.07) is 16.1. The van der Waals surface area contributed by atoms with E-state index in [2.05, 4.69) is 12.1 Å². The number of ether oxygens (including phenoxy) is 1. The molecule has 3 rings (SSSR count). The van der Waals surface area contributed by atoms with E-state index >= 15 is 0 Å². The third-order valence-corrected chi connectivity index (χ3v) is 5.13. The van der Waals surface area contributed by atoms with Gasteiger partial charge in [0.1, 0.15) is 6.61 Å².